The van der Waals surface area contributed by atoms with Crippen LogP contribution in [0.25, 0.3) is 12.2 Å². The van der Waals surface area contributed by atoms with Crippen molar-refractivity contribution in [2.45, 2.75) is 26.8 Å². The van der Waals surface area contributed by atoms with Crippen molar-refractivity contribution in [1.82, 2.24) is 4.57 Å². The van der Waals surface area contributed by atoms with Crippen LogP contribution in [0.5, 0.6) is 11.5 Å². The molecular weight excluding hydrogens is 492 g/mol. The Morgan fingerprint density at radius 3 is 2.57 bits per heavy atom. The Balaban J connectivity index is 1.88. The van der Waals surface area contributed by atoms with Crippen LogP contribution in [0.4, 0.5) is 0 Å². The van der Waals surface area contributed by atoms with Gasteiger partial charge in [-0.3, -0.25) is 14.2 Å². The van der Waals surface area contributed by atoms with Gasteiger partial charge in [0.2, 0.25) is 0 Å². The minimum Gasteiger partial charge on any atom is -0.493 e. The maximum atomic E-state index is 13.6. The Hall–Kier alpha value is -4.24. The minimum absolute atomic E-state index is 0.172. The predicted octanol–water partition coefficient (Wildman–Crippen LogP) is 3.40. The van der Waals surface area contributed by atoms with Crippen molar-refractivity contribution in [2.24, 2.45) is 4.99 Å². The maximum absolute atomic E-state index is 13.6. The molecule has 0 amide bonds. The second-order valence-corrected chi connectivity index (χ2v) is 9.11. The highest BCUT2D eigenvalue weighted by atomic mass is 32.1. The largest absolute Gasteiger partial charge is 0.493 e. The van der Waals surface area contributed by atoms with Gasteiger partial charge in [0.05, 0.1) is 35.6 Å². The van der Waals surface area contributed by atoms with E-state index in [1.54, 1.807) is 38.1 Å². The lowest BCUT2D eigenvalue weighted by Gasteiger charge is -2.25. The Morgan fingerprint density at radius 2 is 1.89 bits per heavy atom. The van der Waals surface area contributed by atoms with Gasteiger partial charge in [-0.15, -0.1) is 0 Å². The molecule has 0 unspecified atom stereocenters. The molecule has 190 valence electrons. The first-order valence-electron chi connectivity index (χ1n) is 11.6. The Labute approximate surface area is 217 Å². The summed E-state index contributed by atoms with van der Waals surface area (Å²) in [6.07, 6.45) is 5.46. The zero-order valence-corrected chi connectivity index (χ0v) is 21.7. The average molecular weight is 519 g/mol. The predicted molar refractivity (Wildman–Crippen MR) is 141 cm³/mol. The quantitative estimate of drug-likeness (QED) is 0.351. The van der Waals surface area contributed by atoms with Crippen LogP contribution in [-0.4, -0.2) is 30.2 Å². The highest BCUT2D eigenvalue weighted by Crippen LogP contribution is 2.36. The number of carbonyl (C=O) groups is 2. The molecule has 4 rings (SSSR count). The van der Waals surface area contributed by atoms with Gasteiger partial charge >= 0.3 is 11.9 Å². The van der Waals surface area contributed by atoms with Crippen LogP contribution in [-0.2, 0) is 14.3 Å². The Bertz CT molecular complexity index is 1580. The summed E-state index contributed by atoms with van der Waals surface area (Å²) < 4.78 is 17.9. The van der Waals surface area contributed by atoms with Gasteiger partial charge in [-0.1, -0.05) is 59.9 Å². The molecule has 0 N–H and O–H groups in total. The number of hydrogen-bond donors (Lipinski definition) is 0. The minimum atomic E-state index is -0.809. The van der Waals surface area contributed by atoms with Crippen LogP contribution >= 0.6 is 11.3 Å². The SMILES string of the molecule is CCOC(=O)C1=C(C)N=c2sc(=C/C=C/c3ccccc3)c(=O)n2[C@H]1c1ccc(OC(C)=O)c(OC)c1. The number of thiazole rings is 1. The number of benzene rings is 2. The lowest BCUT2D eigenvalue weighted by atomic mass is 9.95. The lowest BCUT2D eigenvalue weighted by molar-refractivity contribution is -0.139. The summed E-state index contributed by atoms with van der Waals surface area (Å²) in [6.45, 7) is 4.90. The number of ether oxygens (including phenoxy) is 3. The van der Waals surface area contributed by atoms with Gasteiger partial charge in [0.1, 0.15) is 0 Å². The summed E-state index contributed by atoms with van der Waals surface area (Å²) >= 11 is 1.24. The smallest absolute Gasteiger partial charge is 0.338 e. The third-order valence-electron chi connectivity index (χ3n) is 5.61. The van der Waals surface area contributed by atoms with Gasteiger partial charge in [0.25, 0.3) is 5.56 Å². The third kappa shape index (κ3) is 5.46. The number of carbonyl (C=O) groups excluding carboxylic acids is 2. The van der Waals surface area contributed by atoms with Crippen LogP contribution in [0.15, 0.2) is 75.7 Å². The number of fused-ring (bicyclic) bond motifs is 1. The molecule has 0 fully saturated rings. The van der Waals surface area contributed by atoms with Crippen molar-refractivity contribution in [3.8, 4) is 11.5 Å². The summed E-state index contributed by atoms with van der Waals surface area (Å²) in [5.41, 5.74) is 2.01. The van der Waals surface area contributed by atoms with E-state index in [0.717, 1.165) is 5.56 Å². The molecule has 0 saturated heterocycles. The van der Waals surface area contributed by atoms with E-state index in [9.17, 15) is 14.4 Å². The van der Waals surface area contributed by atoms with Crippen LogP contribution in [0.3, 0.4) is 0 Å². The van der Waals surface area contributed by atoms with Gasteiger partial charge in [-0.25, -0.2) is 9.79 Å². The van der Waals surface area contributed by atoms with E-state index in [1.165, 1.54) is 29.9 Å². The van der Waals surface area contributed by atoms with Gasteiger partial charge in [-0.05, 0) is 43.2 Å². The van der Waals surface area contributed by atoms with Gasteiger partial charge < -0.3 is 14.2 Å². The highest BCUT2D eigenvalue weighted by molar-refractivity contribution is 7.07. The molecule has 0 radical (unpaired) electrons. The van der Waals surface area contributed by atoms with E-state index in [1.807, 2.05) is 42.5 Å². The number of allylic oxidation sites excluding steroid dienone is 2. The zero-order chi connectivity index (χ0) is 26.5. The van der Waals surface area contributed by atoms with E-state index in [2.05, 4.69) is 4.99 Å². The van der Waals surface area contributed by atoms with Crippen molar-refractivity contribution < 1.29 is 23.8 Å². The first kappa shape index (κ1) is 25.8. The highest BCUT2D eigenvalue weighted by Gasteiger charge is 2.34. The molecule has 1 aromatic heterocycles. The van der Waals surface area contributed by atoms with Crippen LogP contribution < -0.4 is 24.4 Å². The number of esters is 2. The molecule has 1 aliphatic rings. The third-order valence-corrected chi connectivity index (χ3v) is 6.61. The number of nitrogens with zero attached hydrogens (tertiary/aromatic N) is 2. The summed E-state index contributed by atoms with van der Waals surface area (Å²) in [4.78, 5) is 43.2. The van der Waals surface area contributed by atoms with Crippen molar-refractivity contribution in [3.05, 3.63) is 96.7 Å². The molecule has 1 aliphatic heterocycles. The molecule has 2 aromatic carbocycles. The topological polar surface area (TPSA) is 96.2 Å². The van der Waals surface area contributed by atoms with Gasteiger partial charge in [0, 0.05) is 6.92 Å². The number of aromatic nitrogens is 1. The summed E-state index contributed by atoms with van der Waals surface area (Å²) in [7, 11) is 1.45. The molecule has 8 nitrogen and oxygen atoms in total. The van der Waals surface area contributed by atoms with Crippen LogP contribution in [0, 0.1) is 0 Å². The maximum Gasteiger partial charge on any atom is 0.338 e. The molecular formula is C28H26N2O6S. The van der Waals surface area contributed by atoms with E-state index in [0.29, 0.717) is 26.3 Å². The Kier molecular flexibility index (Phi) is 7.83. The van der Waals surface area contributed by atoms with Crippen LogP contribution in [0.2, 0.25) is 0 Å². The average Bonchev–Trinajstić information content (AvgIpc) is 3.18. The summed E-state index contributed by atoms with van der Waals surface area (Å²) in [5, 5.41) is 0. The molecule has 0 spiro atoms. The fraction of sp³-hybridized carbons (Fsp3) is 0.214. The van der Waals surface area contributed by atoms with E-state index < -0.39 is 18.0 Å². The molecule has 9 heteroatoms. The molecule has 1 atom stereocenters. The van der Waals surface area contributed by atoms with Crippen molar-refractivity contribution in [1.29, 1.82) is 0 Å². The molecule has 0 bridgehead atoms. The van der Waals surface area contributed by atoms with Crippen molar-refractivity contribution in [3.63, 3.8) is 0 Å². The number of rotatable bonds is 7. The second kappa shape index (κ2) is 11.2. The van der Waals surface area contributed by atoms with E-state index in [4.69, 9.17) is 14.2 Å². The van der Waals surface area contributed by atoms with Crippen molar-refractivity contribution in [2.75, 3.05) is 13.7 Å². The van der Waals surface area contributed by atoms with Gasteiger partial charge in [-0.2, -0.15) is 0 Å². The fourth-order valence-corrected chi connectivity index (χ4v) is 5.02. The normalized spacial score (nSPS) is 15.4. The molecule has 0 saturated carbocycles. The first-order valence-corrected chi connectivity index (χ1v) is 12.4. The van der Waals surface area contributed by atoms with E-state index >= 15 is 0 Å². The van der Waals surface area contributed by atoms with Crippen LogP contribution in [0.1, 0.15) is 37.9 Å². The van der Waals surface area contributed by atoms with Crippen molar-refractivity contribution >= 4 is 35.4 Å². The monoisotopic (exact) mass is 518 g/mol. The molecule has 3 aromatic rings. The first-order chi connectivity index (χ1) is 17.8. The fourth-order valence-electron chi connectivity index (χ4n) is 4.03. The second-order valence-electron chi connectivity index (χ2n) is 8.10. The number of methoxy groups -OCH3 is 1. The number of hydrogen-bond acceptors (Lipinski definition) is 8. The van der Waals surface area contributed by atoms with E-state index in [-0.39, 0.29) is 23.5 Å². The molecule has 37 heavy (non-hydrogen) atoms. The zero-order valence-electron chi connectivity index (χ0n) is 20.9. The lowest BCUT2D eigenvalue weighted by Crippen LogP contribution is -2.39. The Morgan fingerprint density at radius 1 is 1.14 bits per heavy atom. The summed E-state index contributed by atoms with van der Waals surface area (Å²) in [6, 6.07) is 13.8. The summed E-state index contributed by atoms with van der Waals surface area (Å²) in [5.74, 6) is -0.533. The molecule has 2 heterocycles. The van der Waals surface area contributed by atoms with Gasteiger partial charge in [0.15, 0.2) is 16.3 Å². The molecule has 0 aliphatic carbocycles. The standard InChI is InChI=1S/C28H26N2O6S/c1-5-35-27(33)24-17(2)29-28-30(25(24)20-14-15-21(36-18(3)31)22(16-20)34-4)26(32)23(37-28)13-9-12-19-10-7-6-8-11-19/h6-16,25H,5H2,1-4H3/b12-9+,23-13?/t25-/m0/s1.